The van der Waals surface area contributed by atoms with Gasteiger partial charge in [-0.15, -0.1) is 11.3 Å². The fraction of sp³-hybridized carbons (Fsp3) is 0. The first kappa shape index (κ1) is 24.2. The van der Waals surface area contributed by atoms with Crippen molar-refractivity contribution < 1.29 is 0 Å². The third-order valence-corrected chi connectivity index (χ3v) is 9.54. The second-order valence-corrected chi connectivity index (χ2v) is 11.9. The molecule has 0 aliphatic rings. The van der Waals surface area contributed by atoms with Gasteiger partial charge in [0.05, 0.1) is 34.1 Å². The summed E-state index contributed by atoms with van der Waals surface area (Å²) in [6.45, 7) is 0. The van der Waals surface area contributed by atoms with E-state index in [1.54, 1.807) is 0 Å². The largest absolute Gasteiger partial charge is 0.310 e. The van der Waals surface area contributed by atoms with Crippen molar-refractivity contribution in [3.05, 3.63) is 152 Å². The zero-order valence-electron chi connectivity index (χ0n) is 23.2. The number of anilines is 3. The fourth-order valence-electron chi connectivity index (χ4n) is 6.50. The maximum atomic E-state index is 4.82. The standard InChI is InChI=1S/C39H25N3S/c1-2-12-27(13-3-1)41(28-21-22-38-32(24-28)30-14-6-9-20-37(30)43-38)35-18-10-19-36-39(35)31-15-5-8-17-34(31)42(36)29-23-26-11-4-7-16-33(26)40-25-29/h1-25H. The molecule has 3 heterocycles. The molecule has 6 aromatic carbocycles. The van der Waals surface area contributed by atoms with Crippen LogP contribution in [-0.2, 0) is 0 Å². The fourth-order valence-corrected chi connectivity index (χ4v) is 7.59. The van der Waals surface area contributed by atoms with Crippen molar-refractivity contribution in [2.45, 2.75) is 0 Å². The van der Waals surface area contributed by atoms with E-state index in [1.165, 1.54) is 30.9 Å². The number of benzene rings is 6. The van der Waals surface area contributed by atoms with Crippen molar-refractivity contribution in [1.29, 1.82) is 0 Å². The summed E-state index contributed by atoms with van der Waals surface area (Å²) in [5.74, 6) is 0. The second kappa shape index (κ2) is 9.55. The van der Waals surface area contributed by atoms with Gasteiger partial charge in [-0.25, -0.2) is 0 Å². The number of aromatic nitrogens is 2. The smallest absolute Gasteiger partial charge is 0.0703 e. The van der Waals surface area contributed by atoms with E-state index in [0.29, 0.717) is 0 Å². The van der Waals surface area contributed by atoms with Gasteiger partial charge in [-0.05, 0) is 66.7 Å². The quantitative estimate of drug-likeness (QED) is 0.211. The van der Waals surface area contributed by atoms with E-state index in [1.807, 2.05) is 23.6 Å². The Morgan fingerprint density at radius 3 is 2.21 bits per heavy atom. The van der Waals surface area contributed by atoms with Gasteiger partial charge in [-0.3, -0.25) is 4.98 Å². The predicted molar refractivity (Wildman–Crippen MR) is 184 cm³/mol. The van der Waals surface area contributed by atoms with E-state index in [4.69, 9.17) is 4.98 Å². The molecule has 0 saturated heterocycles. The Balaban J connectivity index is 1.35. The molecule has 0 atom stereocenters. The Bertz CT molecular complexity index is 2470. The van der Waals surface area contributed by atoms with Gasteiger partial charge in [0, 0.05) is 47.7 Å². The van der Waals surface area contributed by atoms with Crippen LogP contribution >= 0.6 is 11.3 Å². The summed E-state index contributed by atoms with van der Waals surface area (Å²) in [4.78, 5) is 7.23. The van der Waals surface area contributed by atoms with Gasteiger partial charge in [0.25, 0.3) is 0 Å². The maximum absolute atomic E-state index is 4.82. The first-order valence-corrected chi connectivity index (χ1v) is 15.3. The molecule has 0 N–H and O–H groups in total. The Hall–Kier alpha value is -5.45. The third kappa shape index (κ3) is 3.77. The van der Waals surface area contributed by atoms with Gasteiger partial charge < -0.3 is 9.47 Å². The molecule has 0 aliphatic carbocycles. The number of thiophene rings is 1. The Kier molecular flexibility index (Phi) is 5.37. The lowest BCUT2D eigenvalue weighted by atomic mass is 10.1. The molecule has 4 heteroatoms. The minimum Gasteiger partial charge on any atom is -0.310 e. The second-order valence-electron chi connectivity index (χ2n) is 10.9. The van der Waals surface area contributed by atoms with Gasteiger partial charge in [-0.2, -0.15) is 0 Å². The molecule has 3 nitrogen and oxygen atoms in total. The predicted octanol–water partition coefficient (Wildman–Crippen LogP) is 11.2. The minimum atomic E-state index is 0.999. The topological polar surface area (TPSA) is 21.1 Å². The molecular formula is C39H25N3S. The highest BCUT2D eigenvalue weighted by atomic mass is 32.1. The number of pyridine rings is 1. The average Bonchev–Trinajstić information content (AvgIpc) is 3.61. The van der Waals surface area contributed by atoms with Gasteiger partial charge in [-0.1, -0.05) is 78.9 Å². The summed E-state index contributed by atoms with van der Waals surface area (Å²) >= 11 is 1.85. The lowest BCUT2D eigenvalue weighted by molar-refractivity contribution is 1.16. The van der Waals surface area contributed by atoms with Crippen LogP contribution in [0.25, 0.3) is 58.6 Å². The van der Waals surface area contributed by atoms with Crippen molar-refractivity contribution in [3.63, 3.8) is 0 Å². The van der Waals surface area contributed by atoms with Crippen molar-refractivity contribution in [2.24, 2.45) is 0 Å². The molecule has 0 spiro atoms. The maximum Gasteiger partial charge on any atom is 0.0703 e. The van der Waals surface area contributed by atoms with Gasteiger partial charge in [0.1, 0.15) is 0 Å². The van der Waals surface area contributed by atoms with E-state index < -0.39 is 0 Å². The molecule has 0 radical (unpaired) electrons. The highest BCUT2D eigenvalue weighted by Crippen LogP contribution is 2.45. The summed E-state index contributed by atoms with van der Waals surface area (Å²) in [5.41, 5.74) is 7.77. The normalized spacial score (nSPS) is 11.7. The summed E-state index contributed by atoms with van der Waals surface area (Å²) in [6.07, 6.45) is 1.99. The third-order valence-electron chi connectivity index (χ3n) is 8.38. The molecule has 0 amide bonds. The molecule has 9 aromatic rings. The number of para-hydroxylation sites is 3. The van der Waals surface area contributed by atoms with Crippen molar-refractivity contribution in [1.82, 2.24) is 9.55 Å². The highest BCUT2D eigenvalue weighted by molar-refractivity contribution is 7.25. The molecule has 3 aromatic heterocycles. The highest BCUT2D eigenvalue weighted by Gasteiger charge is 2.21. The summed E-state index contributed by atoms with van der Waals surface area (Å²) < 4.78 is 4.97. The number of nitrogens with zero attached hydrogens (tertiary/aromatic N) is 3. The molecule has 0 fully saturated rings. The van der Waals surface area contributed by atoms with E-state index in [-0.39, 0.29) is 0 Å². The molecule has 0 aliphatic heterocycles. The molecule has 0 bridgehead atoms. The zero-order chi connectivity index (χ0) is 28.3. The number of hydrogen-bond acceptors (Lipinski definition) is 3. The van der Waals surface area contributed by atoms with E-state index >= 15 is 0 Å². The van der Waals surface area contributed by atoms with Crippen LogP contribution in [0.3, 0.4) is 0 Å². The molecule has 202 valence electrons. The van der Waals surface area contributed by atoms with Crippen LogP contribution in [0.2, 0.25) is 0 Å². The van der Waals surface area contributed by atoms with E-state index in [2.05, 4.69) is 149 Å². The summed E-state index contributed by atoms with van der Waals surface area (Å²) in [6, 6.07) is 52.2. The zero-order valence-corrected chi connectivity index (χ0v) is 24.0. The van der Waals surface area contributed by atoms with Gasteiger partial charge in [0.15, 0.2) is 0 Å². The van der Waals surface area contributed by atoms with Crippen molar-refractivity contribution in [2.75, 3.05) is 4.90 Å². The molecule has 43 heavy (non-hydrogen) atoms. The molecule has 9 rings (SSSR count). The molecule has 0 unspecified atom stereocenters. The number of fused-ring (bicyclic) bond motifs is 7. The van der Waals surface area contributed by atoms with Crippen molar-refractivity contribution >= 4 is 81.3 Å². The van der Waals surface area contributed by atoms with E-state index in [0.717, 1.165) is 44.7 Å². The Morgan fingerprint density at radius 2 is 1.28 bits per heavy atom. The minimum absolute atomic E-state index is 0.999. The van der Waals surface area contributed by atoms with Gasteiger partial charge in [0.2, 0.25) is 0 Å². The number of hydrogen-bond donors (Lipinski definition) is 0. The van der Waals surface area contributed by atoms with Crippen molar-refractivity contribution in [3.8, 4) is 5.69 Å². The summed E-state index contributed by atoms with van der Waals surface area (Å²) in [5, 5.41) is 6.14. The van der Waals surface area contributed by atoms with Crippen LogP contribution in [-0.4, -0.2) is 9.55 Å². The first-order valence-electron chi connectivity index (χ1n) is 14.5. The monoisotopic (exact) mass is 567 g/mol. The van der Waals surface area contributed by atoms with Crippen LogP contribution in [0, 0.1) is 0 Å². The lowest BCUT2D eigenvalue weighted by Gasteiger charge is -2.26. The van der Waals surface area contributed by atoms with Crippen LogP contribution in [0.15, 0.2) is 152 Å². The lowest BCUT2D eigenvalue weighted by Crippen LogP contribution is -2.10. The van der Waals surface area contributed by atoms with E-state index in [9.17, 15) is 0 Å². The van der Waals surface area contributed by atoms with Gasteiger partial charge >= 0.3 is 0 Å². The van der Waals surface area contributed by atoms with Crippen LogP contribution in [0.4, 0.5) is 17.1 Å². The van der Waals surface area contributed by atoms with Crippen LogP contribution in [0.5, 0.6) is 0 Å². The van der Waals surface area contributed by atoms with Crippen LogP contribution < -0.4 is 4.90 Å². The Morgan fingerprint density at radius 1 is 0.535 bits per heavy atom. The SMILES string of the molecule is c1ccc(N(c2ccc3sc4ccccc4c3c2)c2cccc3c2c2ccccc2n3-c2cnc3ccccc3c2)cc1. The van der Waals surface area contributed by atoms with Crippen LogP contribution in [0.1, 0.15) is 0 Å². The Labute approximate surface area is 252 Å². The first-order chi connectivity index (χ1) is 21.3. The molecule has 0 saturated carbocycles. The molecular weight excluding hydrogens is 543 g/mol. The number of rotatable bonds is 4. The average molecular weight is 568 g/mol. The summed E-state index contributed by atoms with van der Waals surface area (Å²) in [7, 11) is 0.